The zero-order valence-electron chi connectivity index (χ0n) is 10.3. The van der Waals surface area contributed by atoms with Crippen molar-refractivity contribution in [3.05, 3.63) is 29.3 Å². The Kier molecular flexibility index (Phi) is 3.65. The molecule has 96 valence electrons. The van der Waals surface area contributed by atoms with Crippen LogP contribution in [0.2, 0.25) is 0 Å². The number of Topliss-reactive ketones (excluding diaryl/α,β-unsaturated/α-hetero) is 1. The number of carbonyl (C=O) groups is 2. The van der Waals surface area contributed by atoms with E-state index in [1.807, 2.05) is 0 Å². The summed E-state index contributed by atoms with van der Waals surface area (Å²) in [5, 5.41) is 8.96. The average molecular weight is 248 g/mol. The Bertz CT molecular complexity index is 473. The minimum Gasteiger partial charge on any atom is -0.490 e. The predicted octanol–water partition coefficient (Wildman–Crippen LogP) is 2.91. The smallest absolute Gasteiger partial charge is 0.335 e. The molecule has 1 saturated carbocycles. The van der Waals surface area contributed by atoms with Gasteiger partial charge in [0.15, 0.2) is 5.78 Å². The van der Waals surface area contributed by atoms with Gasteiger partial charge in [-0.2, -0.15) is 0 Å². The molecule has 1 aromatic rings. The number of benzene rings is 1. The molecule has 1 aliphatic rings. The third-order valence-electron chi connectivity index (χ3n) is 3.20. The highest BCUT2D eigenvalue weighted by molar-refractivity contribution is 5.98. The van der Waals surface area contributed by atoms with Crippen LogP contribution in [-0.2, 0) is 0 Å². The first-order valence-electron chi connectivity index (χ1n) is 6.13. The van der Waals surface area contributed by atoms with E-state index in [9.17, 15) is 9.59 Å². The average Bonchev–Trinajstić information content (AvgIpc) is 2.81. The van der Waals surface area contributed by atoms with Crippen LogP contribution in [0.4, 0.5) is 0 Å². The molecule has 1 aromatic carbocycles. The highest BCUT2D eigenvalue weighted by atomic mass is 16.5. The van der Waals surface area contributed by atoms with Crippen LogP contribution in [0.1, 0.15) is 53.3 Å². The summed E-state index contributed by atoms with van der Waals surface area (Å²) in [6.07, 6.45) is 4.29. The predicted molar refractivity (Wildman–Crippen MR) is 66.3 cm³/mol. The quantitative estimate of drug-likeness (QED) is 0.832. The Morgan fingerprint density at radius 2 is 1.94 bits per heavy atom. The summed E-state index contributed by atoms with van der Waals surface area (Å²) in [6.45, 7) is 1.46. The van der Waals surface area contributed by atoms with E-state index in [1.165, 1.54) is 25.1 Å². The lowest BCUT2D eigenvalue weighted by molar-refractivity contribution is 0.0695. The van der Waals surface area contributed by atoms with Crippen LogP contribution in [0.15, 0.2) is 18.2 Å². The summed E-state index contributed by atoms with van der Waals surface area (Å²) in [5.74, 6) is -0.726. The molecule has 0 heterocycles. The first-order valence-corrected chi connectivity index (χ1v) is 6.13. The summed E-state index contributed by atoms with van der Waals surface area (Å²) in [6, 6.07) is 4.40. The summed E-state index contributed by atoms with van der Waals surface area (Å²) in [5.41, 5.74) is 0.597. The van der Waals surface area contributed by atoms with E-state index >= 15 is 0 Å². The fourth-order valence-electron chi connectivity index (χ4n) is 2.23. The monoisotopic (exact) mass is 248 g/mol. The molecule has 1 fully saturated rings. The van der Waals surface area contributed by atoms with Gasteiger partial charge in [0, 0.05) is 0 Å². The second-order valence-electron chi connectivity index (χ2n) is 4.60. The van der Waals surface area contributed by atoms with Crippen LogP contribution in [0.25, 0.3) is 0 Å². The molecule has 18 heavy (non-hydrogen) atoms. The number of carboxylic acids is 1. The Balaban J connectivity index is 2.30. The molecule has 1 N–H and O–H groups in total. The van der Waals surface area contributed by atoms with Crippen LogP contribution in [0.3, 0.4) is 0 Å². The number of carbonyl (C=O) groups excluding carboxylic acids is 1. The molecule has 0 aliphatic heterocycles. The second kappa shape index (κ2) is 5.21. The van der Waals surface area contributed by atoms with Crippen molar-refractivity contribution < 1.29 is 19.4 Å². The third kappa shape index (κ3) is 2.70. The number of ketones is 1. The van der Waals surface area contributed by atoms with Gasteiger partial charge in [0.25, 0.3) is 0 Å². The molecule has 0 saturated heterocycles. The van der Waals surface area contributed by atoms with Crippen LogP contribution in [0.5, 0.6) is 5.75 Å². The van der Waals surface area contributed by atoms with Crippen LogP contribution < -0.4 is 4.74 Å². The first-order chi connectivity index (χ1) is 8.58. The van der Waals surface area contributed by atoms with E-state index in [-0.39, 0.29) is 17.5 Å². The minimum absolute atomic E-state index is 0.104. The molecule has 0 atom stereocenters. The van der Waals surface area contributed by atoms with Crippen molar-refractivity contribution in [3.63, 3.8) is 0 Å². The van der Waals surface area contributed by atoms with Gasteiger partial charge in [-0.25, -0.2) is 4.79 Å². The molecular formula is C14H16O4. The molecule has 0 bridgehead atoms. The maximum absolute atomic E-state index is 11.5. The molecular weight excluding hydrogens is 232 g/mol. The standard InChI is InChI=1S/C14H16O4/c1-9(15)12-7-6-10(14(16)17)8-13(12)18-11-4-2-3-5-11/h6-8,11H,2-5H2,1H3,(H,16,17). The Labute approximate surface area is 106 Å². The summed E-state index contributed by atoms with van der Waals surface area (Å²) >= 11 is 0. The third-order valence-corrected chi connectivity index (χ3v) is 3.20. The van der Waals surface area contributed by atoms with Crippen molar-refractivity contribution in [1.82, 2.24) is 0 Å². The van der Waals surface area contributed by atoms with Gasteiger partial charge in [-0.3, -0.25) is 4.79 Å². The van der Waals surface area contributed by atoms with Crippen LogP contribution in [0, 0.1) is 0 Å². The molecule has 0 unspecified atom stereocenters. The Hall–Kier alpha value is -1.84. The van der Waals surface area contributed by atoms with Gasteiger partial charge in [0.05, 0.1) is 17.2 Å². The molecule has 0 amide bonds. The Morgan fingerprint density at radius 3 is 2.50 bits per heavy atom. The maximum atomic E-state index is 11.5. The Morgan fingerprint density at radius 1 is 1.28 bits per heavy atom. The topological polar surface area (TPSA) is 63.6 Å². The van der Waals surface area contributed by atoms with Crippen LogP contribution >= 0.6 is 0 Å². The zero-order chi connectivity index (χ0) is 13.1. The normalized spacial score (nSPS) is 15.6. The minimum atomic E-state index is -1.01. The van der Waals surface area contributed by atoms with Crippen molar-refractivity contribution >= 4 is 11.8 Å². The van der Waals surface area contributed by atoms with Gasteiger partial charge < -0.3 is 9.84 Å². The van der Waals surface area contributed by atoms with Crippen molar-refractivity contribution in [1.29, 1.82) is 0 Å². The van der Waals surface area contributed by atoms with Gasteiger partial charge in [-0.15, -0.1) is 0 Å². The molecule has 4 heteroatoms. The summed E-state index contributed by atoms with van der Waals surface area (Å²) in [7, 11) is 0. The fourth-order valence-corrected chi connectivity index (χ4v) is 2.23. The maximum Gasteiger partial charge on any atom is 0.335 e. The number of carboxylic acid groups (broad SMARTS) is 1. The SMILES string of the molecule is CC(=O)c1ccc(C(=O)O)cc1OC1CCCC1. The van der Waals surface area contributed by atoms with E-state index in [0.717, 1.165) is 25.7 Å². The van der Waals surface area contributed by atoms with Gasteiger partial charge in [0.2, 0.25) is 0 Å². The number of hydrogen-bond acceptors (Lipinski definition) is 3. The number of ether oxygens (including phenoxy) is 1. The lowest BCUT2D eigenvalue weighted by Gasteiger charge is -2.16. The molecule has 4 nitrogen and oxygen atoms in total. The van der Waals surface area contributed by atoms with Gasteiger partial charge in [-0.05, 0) is 50.8 Å². The largest absolute Gasteiger partial charge is 0.490 e. The highest BCUT2D eigenvalue weighted by Gasteiger charge is 2.20. The van der Waals surface area contributed by atoms with Crippen molar-refractivity contribution in [2.75, 3.05) is 0 Å². The molecule has 1 aliphatic carbocycles. The van der Waals surface area contributed by atoms with Crippen molar-refractivity contribution in [2.45, 2.75) is 38.7 Å². The van der Waals surface area contributed by atoms with E-state index in [4.69, 9.17) is 9.84 Å². The number of rotatable bonds is 4. The lowest BCUT2D eigenvalue weighted by Crippen LogP contribution is -2.14. The van der Waals surface area contributed by atoms with Gasteiger partial charge in [-0.1, -0.05) is 0 Å². The molecule has 0 spiro atoms. The molecule has 0 aromatic heterocycles. The number of hydrogen-bond donors (Lipinski definition) is 1. The van der Waals surface area contributed by atoms with E-state index in [0.29, 0.717) is 11.3 Å². The second-order valence-corrected chi connectivity index (χ2v) is 4.60. The van der Waals surface area contributed by atoms with Crippen molar-refractivity contribution in [2.24, 2.45) is 0 Å². The van der Waals surface area contributed by atoms with E-state index < -0.39 is 5.97 Å². The van der Waals surface area contributed by atoms with E-state index in [2.05, 4.69) is 0 Å². The fraction of sp³-hybridized carbons (Fsp3) is 0.429. The highest BCUT2D eigenvalue weighted by Crippen LogP contribution is 2.28. The zero-order valence-corrected chi connectivity index (χ0v) is 10.3. The number of aromatic carboxylic acids is 1. The van der Waals surface area contributed by atoms with Crippen LogP contribution in [-0.4, -0.2) is 23.0 Å². The van der Waals surface area contributed by atoms with Gasteiger partial charge >= 0.3 is 5.97 Å². The first kappa shape index (κ1) is 12.6. The lowest BCUT2D eigenvalue weighted by atomic mass is 10.1. The van der Waals surface area contributed by atoms with Crippen molar-refractivity contribution in [3.8, 4) is 5.75 Å². The van der Waals surface area contributed by atoms with Gasteiger partial charge in [0.1, 0.15) is 5.75 Å². The summed E-state index contributed by atoms with van der Waals surface area (Å²) in [4.78, 5) is 22.4. The molecule has 2 rings (SSSR count). The molecule has 0 radical (unpaired) electrons. The summed E-state index contributed by atoms with van der Waals surface area (Å²) < 4.78 is 5.77. The van der Waals surface area contributed by atoms with E-state index in [1.54, 1.807) is 0 Å².